The van der Waals surface area contributed by atoms with E-state index in [1.165, 1.54) is 0 Å². The second kappa shape index (κ2) is 10.8. The smallest absolute Gasteiger partial charge is 0.223 e. The maximum Gasteiger partial charge on any atom is 0.223 e. The lowest BCUT2D eigenvalue weighted by molar-refractivity contribution is -0.126. The van der Waals surface area contributed by atoms with Gasteiger partial charge in [0.25, 0.3) is 0 Å². The van der Waals surface area contributed by atoms with E-state index in [4.69, 9.17) is 0 Å². The molecule has 6 heteroatoms. The van der Waals surface area contributed by atoms with Crippen molar-refractivity contribution in [3.05, 3.63) is 0 Å². The predicted octanol–water partition coefficient (Wildman–Crippen LogP) is 1.99. The van der Waals surface area contributed by atoms with Gasteiger partial charge in [0.2, 0.25) is 5.91 Å². The summed E-state index contributed by atoms with van der Waals surface area (Å²) in [5.41, 5.74) is 0. The molecule has 1 fully saturated rings. The Morgan fingerprint density at radius 3 is 2.77 bits per heavy atom. The molecular formula is C16H32N4OS. The average Bonchev–Trinajstić information content (AvgIpc) is 2.50. The summed E-state index contributed by atoms with van der Waals surface area (Å²) in [4.78, 5) is 16.5. The molecular weight excluding hydrogens is 296 g/mol. The fraction of sp³-hybridized carbons (Fsp3) is 0.875. The molecule has 2 atom stereocenters. The number of nitrogens with zero attached hydrogens (tertiary/aromatic N) is 1. The van der Waals surface area contributed by atoms with Gasteiger partial charge in [0, 0.05) is 31.6 Å². The maximum absolute atomic E-state index is 12.2. The molecule has 1 aliphatic carbocycles. The van der Waals surface area contributed by atoms with Crippen molar-refractivity contribution in [3.8, 4) is 0 Å². The second-order valence-corrected chi connectivity index (χ2v) is 7.20. The predicted molar refractivity (Wildman–Crippen MR) is 96.5 cm³/mol. The minimum atomic E-state index is 0.128. The molecule has 1 rings (SSSR count). The van der Waals surface area contributed by atoms with Crippen LogP contribution in [0.3, 0.4) is 0 Å². The first-order valence-electron chi connectivity index (χ1n) is 8.33. The van der Waals surface area contributed by atoms with Gasteiger partial charge in [-0.1, -0.05) is 6.42 Å². The van der Waals surface area contributed by atoms with E-state index >= 15 is 0 Å². The van der Waals surface area contributed by atoms with E-state index in [2.05, 4.69) is 27.2 Å². The lowest BCUT2D eigenvalue weighted by Crippen LogP contribution is -2.47. The molecule has 5 nitrogen and oxygen atoms in total. The molecule has 0 aromatic carbocycles. The highest BCUT2D eigenvalue weighted by Crippen LogP contribution is 2.24. The van der Waals surface area contributed by atoms with Crippen molar-refractivity contribution in [2.45, 2.75) is 58.0 Å². The Morgan fingerprint density at radius 1 is 1.36 bits per heavy atom. The van der Waals surface area contributed by atoms with Gasteiger partial charge in [-0.25, -0.2) is 0 Å². The van der Waals surface area contributed by atoms with Crippen molar-refractivity contribution < 1.29 is 4.79 Å². The Kier molecular flexibility index (Phi) is 9.36. The molecule has 3 N–H and O–H groups in total. The zero-order valence-electron chi connectivity index (χ0n) is 14.4. The molecule has 1 aliphatic rings. The highest BCUT2D eigenvalue weighted by atomic mass is 32.2. The van der Waals surface area contributed by atoms with Crippen LogP contribution in [0.25, 0.3) is 0 Å². The molecule has 0 spiro atoms. The summed E-state index contributed by atoms with van der Waals surface area (Å²) >= 11 is 1.86. The van der Waals surface area contributed by atoms with E-state index in [0.717, 1.165) is 50.4 Å². The van der Waals surface area contributed by atoms with Crippen LogP contribution in [-0.4, -0.2) is 49.6 Å². The Morgan fingerprint density at radius 2 is 2.14 bits per heavy atom. The van der Waals surface area contributed by atoms with Crippen LogP contribution in [-0.2, 0) is 4.79 Å². The number of carbonyl (C=O) groups excluding carboxylic acids is 1. The lowest BCUT2D eigenvalue weighted by Gasteiger charge is -2.30. The molecule has 0 aliphatic heterocycles. The van der Waals surface area contributed by atoms with Gasteiger partial charge >= 0.3 is 0 Å². The number of guanidine groups is 1. The van der Waals surface area contributed by atoms with Gasteiger partial charge in [-0.05, 0) is 51.5 Å². The fourth-order valence-electron chi connectivity index (χ4n) is 2.77. The first-order chi connectivity index (χ1) is 10.6. The number of aliphatic imine (C=N–C) groups is 1. The molecule has 22 heavy (non-hydrogen) atoms. The number of amides is 1. The van der Waals surface area contributed by atoms with Gasteiger partial charge in [-0.15, -0.1) is 0 Å². The molecule has 1 saturated carbocycles. The fourth-order valence-corrected chi connectivity index (χ4v) is 3.21. The number of hydrogen-bond acceptors (Lipinski definition) is 3. The summed E-state index contributed by atoms with van der Waals surface area (Å²) in [6.45, 7) is 4.96. The van der Waals surface area contributed by atoms with Gasteiger partial charge in [0.1, 0.15) is 0 Å². The zero-order valence-corrected chi connectivity index (χ0v) is 15.3. The van der Waals surface area contributed by atoms with Gasteiger partial charge in [0.05, 0.1) is 0 Å². The largest absolute Gasteiger partial charge is 0.356 e. The zero-order chi connectivity index (χ0) is 16.4. The maximum atomic E-state index is 12.2. The van der Waals surface area contributed by atoms with E-state index in [1.54, 1.807) is 7.05 Å². The van der Waals surface area contributed by atoms with Gasteiger partial charge in [-0.3, -0.25) is 9.79 Å². The van der Waals surface area contributed by atoms with Crippen LogP contribution in [0.1, 0.15) is 46.0 Å². The van der Waals surface area contributed by atoms with Gasteiger partial charge in [-0.2, -0.15) is 11.8 Å². The summed E-state index contributed by atoms with van der Waals surface area (Å²) in [5, 5.41) is 9.86. The summed E-state index contributed by atoms with van der Waals surface area (Å²) < 4.78 is 0. The monoisotopic (exact) mass is 328 g/mol. The number of nitrogens with one attached hydrogen (secondary N) is 3. The van der Waals surface area contributed by atoms with Crippen LogP contribution in [0, 0.1) is 5.92 Å². The topological polar surface area (TPSA) is 65.5 Å². The third-order valence-corrected chi connectivity index (χ3v) is 4.55. The summed E-state index contributed by atoms with van der Waals surface area (Å²) in [5.74, 6) is 2.34. The molecule has 0 saturated heterocycles. The quantitative estimate of drug-likeness (QED) is 0.380. The van der Waals surface area contributed by atoms with E-state index in [9.17, 15) is 4.79 Å². The molecule has 0 heterocycles. The van der Waals surface area contributed by atoms with Crippen molar-refractivity contribution in [2.24, 2.45) is 10.9 Å². The number of thioether (sulfide) groups is 1. The SMILES string of the molecule is CN=C(NCCCSC)NC1CCCC(C(=O)NC(C)C)C1. The minimum Gasteiger partial charge on any atom is -0.356 e. The Bertz CT molecular complexity index is 360. The Hall–Kier alpha value is -0.910. The molecule has 128 valence electrons. The molecule has 0 aromatic rings. The molecule has 1 amide bonds. The summed E-state index contributed by atoms with van der Waals surface area (Å²) in [6.07, 6.45) is 7.35. The van der Waals surface area contributed by atoms with E-state index in [1.807, 2.05) is 25.6 Å². The summed E-state index contributed by atoms with van der Waals surface area (Å²) in [6, 6.07) is 0.551. The third kappa shape index (κ3) is 7.38. The Balaban J connectivity index is 2.39. The van der Waals surface area contributed by atoms with Crippen molar-refractivity contribution in [3.63, 3.8) is 0 Å². The van der Waals surface area contributed by atoms with Crippen molar-refractivity contribution in [1.82, 2.24) is 16.0 Å². The molecule has 0 radical (unpaired) electrons. The van der Waals surface area contributed by atoms with Crippen LogP contribution in [0.4, 0.5) is 0 Å². The average molecular weight is 329 g/mol. The van der Waals surface area contributed by atoms with Crippen LogP contribution < -0.4 is 16.0 Å². The van der Waals surface area contributed by atoms with Crippen molar-refractivity contribution in [2.75, 3.05) is 25.6 Å². The second-order valence-electron chi connectivity index (χ2n) is 6.21. The normalized spacial score (nSPS) is 22.5. The van der Waals surface area contributed by atoms with Gasteiger partial charge < -0.3 is 16.0 Å². The van der Waals surface area contributed by atoms with E-state index in [-0.39, 0.29) is 17.9 Å². The van der Waals surface area contributed by atoms with Crippen LogP contribution >= 0.6 is 11.8 Å². The van der Waals surface area contributed by atoms with Gasteiger partial charge in [0.15, 0.2) is 5.96 Å². The molecule has 0 aromatic heterocycles. The standard InChI is InChI=1S/C16H32N4OS/c1-12(2)19-15(21)13-7-5-8-14(11-13)20-16(17-3)18-9-6-10-22-4/h12-14H,5-11H2,1-4H3,(H,19,21)(H2,17,18,20). The first kappa shape index (κ1) is 19.1. The number of rotatable bonds is 7. The van der Waals surface area contributed by atoms with E-state index < -0.39 is 0 Å². The highest BCUT2D eigenvalue weighted by molar-refractivity contribution is 7.98. The third-order valence-electron chi connectivity index (χ3n) is 3.86. The number of carbonyl (C=O) groups is 1. The Labute approximate surface area is 139 Å². The van der Waals surface area contributed by atoms with Crippen molar-refractivity contribution in [1.29, 1.82) is 0 Å². The summed E-state index contributed by atoms with van der Waals surface area (Å²) in [7, 11) is 1.80. The van der Waals surface area contributed by atoms with E-state index in [0.29, 0.717) is 6.04 Å². The lowest BCUT2D eigenvalue weighted by atomic mass is 9.85. The highest BCUT2D eigenvalue weighted by Gasteiger charge is 2.27. The first-order valence-corrected chi connectivity index (χ1v) is 9.72. The molecule has 0 bridgehead atoms. The van der Waals surface area contributed by atoms with Crippen molar-refractivity contribution >= 4 is 23.6 Å². The van der Waals surface area contributed by atoms with Crippen LogP contribution in [0.15, 0.2) is 4.99 Å². The number of hydrogen-bond donors (Lipinski definition) is 3. The minimum absolute atomic E-state index is 0.128. The molecule has 2 unspecified atom stereocenters. The van der Waals surface area contributed by atoms with Crippen LogP contribution in [0.2, 0.25) is 0 Å². The van der Waals surface area contributed by atoms with Crippen LogP contribution in [0.5, 0.6) is 0 Å².